The van der Waals surface area contributed by atoms with E-state index in [2.05, 4.69) is 0 Å². The first-order chi connectivity index (χ1) is 9.66. The van der Waals surface area contributed by atoms with Crippen molar-refractivity contribution >= 4 is 0 Å². The molecule has 0 aromatic heterocycles. The zero-order valence-corrected chi connectivity index (χ0v) is 10.4. The van der Waals surface area contributed by atoms with Crippen LogP contribution in [0.4, 0.5) is 61.5 Å². The maximum Gasteiger partial charge on any atom is 0.460 e. The molecule has 0 aromatic carbocycles. The number of hydrogen-bond donors (Lipinski definition) is 1. The molecule has 0 aliphatic heterocycles. The van der Waals surface area contributed by atoms with Crippen molar-refractivity contribution < 1.29 is 66.6 Å². The van der Waals surface area contributed by atoms with Crippen molar-refractivity contribution in [2.75, 3.05) is 6.61 Å². The molecule has 0 aliphatic rings. The minimum Gasteiger partial charge on any atom is -0.397 e. The van der Waals surface area contributed by atoms with Crippen molar-refractivity contribution in [1.29, 1.82) is 0 Å². The van der Waals surface area contributed by atoms with E-state index in [0.717, 1.165) is 0 Å². The first kappa shape index (κ1) is 24.2. The lowest BCUT2D eigenvalue weighted by Gasteiger charge is -2.37. The summed E-state index contributed by atoms with van der Waals surface area (Å²) in [4.78, 5) is 0. The van der Waals surface area contributed by atoms with Gasteiger partial charge in [0, 0.05) is 6.61 Å². The van der Waals surface area contributed by atoms with Crippen molar-refractivity contribution in [2.24, 2.45) is 0 Å². The van der Waals surface area contributed by atoms with Gasteiger partial charge in [-0.25, -0.2) is 0 Å². The fraction of sp³-hybridized carbons (Fsp3) is 1.00. The second-order valence-corrected chi connectivity index (χ2v) is 3.61. The maximum absolute atomic E-state index is 12.3. The third-order valence-electron chi connectivity index (χ3n) is 1.90. The molecule has 23 heavy (non-hydrogen) atoms. The van der Waals surface area contributed by atoms with Crippen molar-refractivity contribution in [1.82, 2.24) is 0 Å². The summed E-state index contributed by atoms with van der Waals surface area (Å²) in [6, 6.07) is 0. The van der Waals surface area contributed by atoms with Gasteiger partial charge in [-0.05, 0) is 6.92 Å². The quantitative estimate of drug-likeness (QED) is 0.703. The molecule has 1 nitrogen and oxygen atoms in total. The van der Waals surface area contributed by atoms with Crippen LogP contribution < -0.4 is 0 Å². The summed E-state index contributed by atoms with van der Waals surface area (Å²) >= 11 is 0. The van der Waals surface area contributed by atoms with Crippen molar-refractivity contribution in [3.8, 4) is 0 Å². The molecule has 0 fully saturated rings. The predicted octanol–water partition coefficient (Wildman–Crippen LogP) is 4.65. The highest BCUT2D eigenvalue weighted by Crippen LogP contribution is 2.60. The molecule has 0 radical (unpaired) electrons. The van der Waals surface area contributed by atoms with Gasteiger partial charge in [-0.3, -0.25) is 0 Å². The third-order valence-corrected chi connectivity index (χ3v) is 1.90. The first-order valence-corrected chi connectivity index (χ1v) is 4.92. The van der Waals surface area contributed by atoms with Crippen LogP contribution >= 0.6 is 0 Å². The summed E-state index contributed by atoms with van der Waals surface area (Å²) in [6.07, 6.45) is -15.0. The van der Waals surface area contributed by atoms with E-state index in [1.807, 2.05) is 0 Å². The molecule has 0 rings (SSSR count). The fourth-order valence-electron chi connectivity index (χ4n) is 0.750. The minimum absolute atomic E-state index is 0.250. The molecule has 0 atom stereocenters. The second kappa shape index (κ2) is 6.47. The first-order valence-electron chi connectivity index (χ1n) is 4.92. The Balaban J connectivity index is 0. The Morgan fingerprint density at radius 1 is 0.478 bits per heavy atom. The normalized spacial score (nSPS) is 15.1. The molecule has 0 spiro atoms. The number of alkyl halides is 14. The molecule has 15 heteroatoms. The molecule has 0 unspecified atom stereocenters. The van der Waals surface area contributed by atoms with Crippen LogP contribution in [-0.2, 0) is 0 Å². The van der Waals surface area contributed by atoms with Crippen LogP contribution in [-0.4, -0.2) is 47.8 Å². The lowest BCUT2D eigenvalue weighted by Crippen LogP contribution is -2.69. The molecular weight excluding hydrogens is 378 g/mol. The highest BCUT2D eigenvalue weighted by molar-refractivity contribution is 5.08. The van der Waals surface area contributed by atoms with Crippen LogP contribution in [0.1, 0.15) is 6.92 Å². The van der Waals surface area contributed by atoms with Gasteiger partial charge >= 0.3 is 36.0 Å². The van der Waals surface area contributed by atoms with Crippen LogP contribution in [0.3, 0.4) is 0 Å². The van der Waals surface area contributed by atoms with E-state index < -0.39 is 36.0 Å². The summed E-state index contributed by atoms with van der Waals surface area (Å²) in [5.41, 5.74) is 0. The highest BCUT2D eigenvalue weighted by Gasteiger charge is 2.91. The highest BCUT2D eigenvalue weighted by atomic mass is 19.4. The van der Waals surface area contributed by atoms with Crippen molar-refractivity contribution in [3.63, 3.8) is 0 Å². The molecular formula is C8H6F14O. The predicted molar refractivity (Wildman–Crippen MR) is 44.7 cm³/mol. The summed E-state index contributed by atoms with van der Waals surface area (Å²) in [5.74, 6) is -31.7. The Labute approximate surface area is 117 Å². The van der Waals surface area contributed by atoms with Gasteiger partial charge in [0.25, 0.3) is 0 Å². The average molecular weight is 384 g/mol. The molecule has 0 saturated carbocycles. The fourth-order valence-corrected chi connectivity index (χ4v) is 0.750. The van der Waals surface area contributed by atoms with E-state index >= 15 is 0 Å². The van der Waals surface area contributed by atoms with Crippen LogP contribution in [0.2, 0.25) is 0 Å². The Morgan fingerprint density at radius 2 is 0.609 bits per heavy atom. The van der Waals surface area contributed by atoms with Gasteiger partial charge in [0.05, 0.1) is 0 Å². The smallest absolute Gasteiger partial charge is 0.397 e. The number of aliphatic hydroxyl groups is 1. The maximum atomic E-state index is 12.3. The largest absolute Gasteiger partial charge is 0.460 e. The van der Waals surface area contributed by atoms with Gasteiger partial charge in [0.15, 0.2) is 0 Å². The van der Waals surface area contributed by atoms with E-state index in [1.54, 1.807) is 6.92 Å². The van der Waals surface area contributed by atoms with E-state index in [4.69, 9.17) is 5.11 Å². The minimum atomic E-state index is -8.04. The Hall–Kier alpha value is -1.02. The van der Waals surface area contributed by atoms with E-state index in [-0.39, 0.29) is 6.61 Å². The Bertz CT molecular complexity index is 341. The van der Waals surface area contributed by atoms with Gasteiger partial charge < -0.3 is 5.11 Å². The zero-order valence-electron chi connectivity index (χ0n) is 10.4. The SMILES string of the molecule is CCO.FC(F)(F)C(F)(F)C(F)(F)C(F)(F)C(F)(F)C(F)(F)F. The molecule has 0 amide bonds. The number of rotatable bonds is 3. The monoisotopic (exact) mass is 384 g/mol. The summed E-state index contributed by atoms with van der Waals surface area (Å²) in [7, 11) is 0. The van der Waals surface area contributed by atoms with E-state index in [9.17, 15) is 61.5 Å². The third kappa shape index (κ3) is 3.91. The van der Waals surface area contributed by atoms with Crippen molar-refractivity contribution in [3.05, 3.63) is 0 Å². The summed E-state index contributed by atoms with van der Waals surface area (Å²) in [5, 5.41) is 7.57. The zero-order chi connectivity index (χ0) is 19.7. The molecule has 0 heterocycles. The van der Waals surface area contributed by atoms with Gasteiger partial charge in [0.2, 0.25) is 0 Å². The van der Waals surface area contributed by atoms with Gasteiger partial charge in [-0.2, -0.15) is 61.5 Å². The average Bonchev–Trinajstić information content (AvgIpc) is 2.26. The standard InChI is InChI=1S/C6F14.C2H6O/c7-1(8,3(11,12)5(15,16)17)2(9,10)4(13,14)6(18,19)20;1-2-3/h;3H,2H2,1H3. The number of halogens is 14. The van der Waals surface area contributed by atoms with E-state index in [1.165, 1.54) is 0 Å². The lowest BCUT2D eigenvalue weighted by atomic mass is 9.98. The van der Waals surface area contributed by atoms with Crippen LogP contribution in [0.25, 0.3) is 0 Å². The molecule has 142 valence electrons. The topological polar surface area (TPSA) is 20.2 Å². The van der Waals surface area contributed by atoms with Crippen LogP contribution in [0, 0.1) is 0 Å². The van der Waals surface area contributed by atoms with Crippen LogP contribution in [0.5, 0.6) is 0 Å². The van der Waals surface area contributed by atoms with Gasteiger partial charge in [-0.1, -0.05) is 0 Å². The van der Waals surface area contributed by atoms with Gasteiger partial charge in [-0.15, -0.1) is 0 Å². The molecule has 0 aromatic rings. The van der Waals surface area contributed by atoms with Gasteiger partial charge in [0.1, 0.15) is 0 Å². The summed E-state index contributed by atoms with van der Waals surface area (Å²) in [6.45, 7) is 1.93. The Morgan fingerprint density at radius 3 is 0.696 bits per heavy atom. The molecule has 0 saturated heterocycles. The second-order valence-electron chi connectivity index (χ2n) is 3.61. The lowest BCUT2D eigenvalue weighted by molar-refractivity contribution is -0.451. The number of hydrogen-bond acceptors (Lipinski definition) is 1. The molecule has 0 aliphatic carbocycles. The van der Waals surface area contributed by atoms with Crippen LogP contribution in [0.15, 0.2) is 0 Å². The molecule has 1 N–H and O–H groups in total. The number of aliphatic hydroxyl groups excluding tert-OH is 1. The van der Waals surface area contributed by atoms with E-state index in [0.29, 0.717) is 0 Å². The Kier molecular flexibility index (Phi) is 6.82. The molecule has 0 bridgehead atoms. The van der Waals surface area contributed by atoms with Crippen molar-refractivity contribution in [2.45, 2.75) is 43.0 Å². The summed E-state index contributed by atoms with van der Waals surface area (Å²) < 4.78 is 166.